The van der Waals surface area contributed by atoms with Crippen LogP contribution < -0.4 is 15.4 Å². The number of ether oxygens (including phenoxy) is 2. The van der Waals surface area contributed by atoms with Crippen LogP contribution in [-0.4, -0.2) is 31.9 Å². The smallest absolute Gasteiger partial charge is 0.319 e. The third-order valence-corrected chi connectivity index (χ3v) is 6.34. The summed E-state index contributed by atoms with van der Waals surface area (Å²) >= 11 is 0. The molecule has 0 aliphatic heterocycles. The van der Waals surface area contributed by atoms with Gasteiger partial charge in [0.05, 0.1) is 12.7 Å². The van der Waals surface area contributed by atoms with Crippen LogP contribution in [0.25, 0.3) is 0 Å². The first-order valence-electron chi connectivity index (χ1n) is 9.97. The third-order valence-electron chi connectivity index (χ3n) is 6.34. The topological polar surface area (TPSA) is 59.6 Å². The van der Waals surface area contributed by atoms with Crippen molar-refractivity contribution >= 4 is 11.7 Å². The van der Waals surface area contributed by atoms with Crippen molar-refractivity contribution in [3.05, 3.63) is 24.3 Å². The lowest BCUT2D eigenvalue weighted by molar-refractivity contribution is -0.162. The van der Waals surface area contributed by atoms with Gasteiger partial charge in [-0.1, -0.05) is 0 Å². The molecule has 0 aromatic heterocycles. The fraction of sp³-hybridized carbons (Fsp3) is 0.667. The lowest BCUT2D eigenvalue weighted by Crippen LogP contribution is -2.52. The molecule has 2 amide bonds. The molecule has 0 atom stereocenters. The zero-order valence-electron chi connectivity index (χ0n) is 15.6. The quantitative estimate of drug-likeness (QED) is 0.719. The van der Waals surface area contributed by atoms with Gasteiger partial charge in [0, 0.05) is 18.8 Å². The molecule has 1 aromatic carbocycles. The van der Waals surface area contributed by atoms with Crippen LogP contribution in [0.15, 0.2) is 24.3 Å². The van der Waals surface area contributed by atoms with Crippen LogP contribution in [0, 0.1) is 17.8 Å². The second kappa shape index (κ2) is 7.47. The van der Waals surface area contributed by atoms with Gasteiger partial charge in [-0.15, -0.1) is 0 Å². The summed E-state index contributed by atoms with van der Waals surface area (Å²) in [6.07, 6.45) is 8.98. The summed E-state index contributed by atoms with van der Waals surface area (Å²) in [5.41, 5.74) is 0.924. The van der Waals surface area contributed by atoms with Crippen molar-refractivity contribution in [2.45, 2.75) is 50.5 Å². The van der Waals surface area contributed by atoms with Gasteiger partial charge in [0.25, 0.3) is 0 Å². The molecule has 0 spiro atoms. The van der Waals surface area contributed by atoms with Gasteiger partial charge < -0.3 is 20.1 Å². The summed E-state index contributed by atoms with van der Waals surface area (Å²) in [6, 6.07) is 7.14. The Morgan fingerprint density at radius 1 is 1.08 bits per heavy atom. The first-order valence-corrected chi connectivity index (χ1v) is 9.97. The molecule has 5 nitrogen and oxygen atoms in total. The molecule has 1 aromatic rings. The molecule has 4 aliphatic rings. The molecule has 5 heteroatoms. The van der Waals surface area contributed by atoms with Gasteiger partial charge in [-0.2, -0.15) is 0 Å². The fourth-order valence-electron chi connectivity index (χ4n) is 5.62. The average molecular weight is 358 g/mol. The number of hydrogen-bond donors (Lipinski definition) is 2. The molecule has 4 saturated carbocycles. The van der Waals surface area contributed by atoms with E-state index in [1.807, 2.05) is 24.3 Å². The number of carbonyl (C=O) groups is 1. The van der Waals surface area contributed by atoms with E-state index in [2.05, 4.69) is 10.6 Å². The summed E-state index contributed by atoms with van der Waals surface area (Å²) in [5, 5.41) is 5.74. The Balaban J connectivity index is 1.15. The molecule has 2 N–H and O–H groups in total. The Hall–Kier alpha value is -1.75. The number of urea groups is 1. The highest BCUT2D eigenvalue weighted by Gasteiger charge is 2.51. The molecule has 4 bridgehead atoms. The lowest BCUT2D eigenvalue weighted by atomic mass is 9.54. The van der Waals surface area contributed by atoms with Crippen LogP contribution in [0.4, 0.5) is 10.5 Å². The second-order valence-electron chi connectivity index (χ2n) is 8.41. The van der Waals surface area contributed by atoms with Crippen molar-refractivity contribution in [3.63, 3.8) is 0 Å². The molecule has 0 saturated heterocycles. The van der Waals surface area contributed by atoms with Crippen molar-refractivity contribution < 1.29 is 14.3 Å². The van der Waals surface area contributed by atoms with Crippen molar-refractivity contribution in [2.75, 3.05) is 25.6 Å². The van der Waals surface area contributed by atoms with Crippen molar-refractivity contribution in [3.8, 4) is 5.75 Å². The number of anilines is 1. The molecule has 5 rings (SSSR count). The molecular weight excluding hydrogens is 328 g/mol. The zero-order valence-corrected chi connectivity index (χ0v) is 15.6. The molecule has 0 radical (unpaired) electrons. The third kappa shape index (κ3) is 3.98. The van der Waals surface area contributed by atoms with Gasteiger partial charge in [0.1, 0.15) is 5.75 Å². The predicted molar refractivity (Wildman–Crippen MR) is 101 cm³/mol. The maximum Gasteiger partial charge on any atom is 0.319 e. The number of methoxy groups -OCH3 is 1. The standard InChI is InChI=1S/C21H30N2O3/c1-25-19-5-3-18(4-6-19)23-20(24)22-7-2-8-26-21-12-15-9-16(13-21)11-17(10-15)14-21/h3-6,15-17H,2,7-14H2,1H3,(H2,22,23,24). The Bertz CT molecular complexity index is 593. The van der Waals surface area contributed by atoms with Crippen LogP contribution in [-0.2, 0) is 4.74 Å². The summed E-state index contributed by atoms with van der Waals surface area (Å²) in [4.78, 5) is 12.0. The predicted octanol–water partition coefficient (Wildman–Crippen LogP) is 4.19. The van der Waals surface area contributed by atoms with E-state index in [0.29, 0.717) is 6.54 Å². The minimum absolute atomic E-state index is 0.167. The van der Waals surface area contributed by atoms with Crippen molar-refractivity contribution in [1.82, 2.24) is 5.32 Å². The van der Waals surface area contributed by atoms with Crippen LogP contribution in [0.2, 0.25) is 0 Å². The van der Waals surface area contributed by atoms with E-state index in [9.17, 15) is 4.79 Å². The minimum atomic E-state index is -0.176. The first kappa shape index (κ1) is 17.7. The Morgan fingerprint density at radius 2 is 1.69 bits per heavy atom. The molecule has 0 heterocycles. The van der Waals surface area contributed by atoms with E-state index in [1.165, 1.54) is 38.5 Å². The highest BCUT2D eigenvalue weighted by Crippen LogP contribution is 2.57. The van der Waals surface area contributed by atoms with E-state index in [1.54, 1.807) is 7.11 Å². The summed E-state index contributed by atoms with van der Waals surface area (Å²) < 4.78 is 11.5. The average Bonchev–Trinajstić information content (AvgIpc) is 2.61. The lowest BCUT2D eigenvalue weighted by Gasteiger charge is -2.56. The Morgan fingerprint density at radius 3 is 2.27 bits per heavy atom. The van der Waals surface area contributed by atoms with Gasteiger partial charge in [0.15, 0.2) is 0 Å². The number of nitrogens with one attached hydrogen (secondary N) is 2. The number of rotatable bonds is 7. The van der Waals surface area contributed by atoms with Gasteiger partial charge in [0.2, 0.25) is 0 Å². The number of carbonyl (C=O) groups excluding carboxylic acids is 1. The fourth-order valence-corrected chi connectivity index (χ4v) is 5.62. The van der Waals surface area contributed by atoms with Gasteiger partial charge in [-0.25, -0.2) is 4.79 Å². The normalized spacial score (nSPS) is 31.7. The number of benzene rings is 1. The van der Waals surface area contributed by atoms with Gasteiger partial charge in [-0.3, -0.25) is 0 Å². The zero-order chi connectivity index (χ0) is 18.0. The van der Waals surface area contributed by atoms with Crippen molar-refractivity contribution in [2.24, 2.45) is 17.8 Å². The summed E-state index contributed by atoms with van der Waals surface area (Å²) in [5.74, 6) is 3.51. The maximum absolute atomic E-state index is 12.0. The molecule has 0 unspecified atom stereocenters. The van der Waals surface area contributed by atoms with E-state index in [4.69, 9.17) is 9.47 Å². The molecule has 26 heavy (non-hydrogen) atoms. The second-order valence-corrected chi connectivity index (χ2v) is 8.41. The maximum atomic E-state index is 12.0. The highest BCUT2D eigenvalue weighted by atomic mass is 16.5. The minimum Gasteiger partial charge on any atom is -0.497 e. The van der Waals surface area contributed by atoms with Crippen LogP contribution >= 0.6 is 0 Å². The monoisotopic (exact) mass is 358 g/mol. The first-order chi connectivity index (χ1) is 12.6. The number of amides is 2. The van der Waals surface area contributed by atoms with Crippen LogP contribution in [0.5, 0.6) is 5.75 Å². The van der Waals surface area contributed by atoms with E-state index >= 15 is 0 Å². The van der Waals surface area contributed by atoms with Crippen LogP contribution in [0.3, 0.4) is 0 Å². The summed E-state index contributed by atoms with van der Waals surface area (Å²) in [7, 11) is 1.63. The SMILES string of the molecule is COc1ccc(NC(=O)NCCCOC23CC4CC(CC(C4)C2)C3)cc1. The number of hydrogen-bond acceptors (Lipinski definition) is 3. The van der Waals surface area contributed by atoms with E-state index in [0.717, 1.165) is 42.2 Å². The van der Waals surface area contributed by atoms with Gasteiger partial charge in [-0.05, 0) is 87.0 Å². The molecule has 4 aliphatic carbocycles. The Labute approximate surface area is 155 Å². The molecule has 4 fully saturated rings. The molecular formula is C21H30N2O3. The van der Waals surface area contributed by atoms with Crippen molar-refractivity contribution in [1.29, 1.82) is 0 Å². The Kier molecular flexibility index (Phi) is 5.07. The highest BCUT2D eigenvalue weighted by molar-refractivity contribution is 5.89. The van der Waals surface area contributed by atoms with Crippen LogP contribution in [0.1, 0.15) is 44.9 Å². The molecule has 142 valence electrons. The largest absolute Gasteiger partial charge is 0.497 e. The van der Waals surface area contributed by atoms with E-state index < -0.39 is 0 Å². The van der Waals surface area contributed by atoms with E-state index in [-0.39, 0.29) is 11.6 Å². The van der Waals surface area contributed by atoms with Gasteiger partial charge >= 0.3 is 6.03 Å². The summed E-state index contributed by atoms with van der Waals surface area (Å²) in [6.45, 7) is 1.38.